The van der Waals surface area contributed by atoms with Gasteiger partial charge >= 0.3 is 0 Å². The van der Waals surface area contributed by atoms with Crippen molar-refractivity contribution in [3.8, 4) is 0 Å². The smallest absolute Gasteiger partial charge is 0.139 e. The van der Waals surface area contributed by atoms with E-state index in [9.17, 15) is 0 Å². The van der Waals surface area contributed by atoms with Gasteiger partial charge in [0.1, 0.15) is 18.0 Å². The molecule has 0 saturated heterocycles. The lowest BCUT2D eigenvalue weighted by atomic mass is 10.2. The van der Waals surface area contributed by atoms with Crippen molar-refractivity contribution in [2.45, 2.75) is 33.6 Å². The van der Waals surface area contributed by atoms with Crippen molar-refractivity contribution < 1.29 is 0 Å². The quantitative estimate of drug-likeness (QED) is 0.821. The van der Waals surface area contributed by atoms with E-state index in [2.05, 4.69) is 34.4 Å². The summed E-state index contributed by atoms with van der Waals surface area (Å²) < 4.78 is 0. The van der Waals surface area contributed by atoms with Gasteiger partial charge in [-0.3, -0.25) is 0 Å². The Kier molecular flexibility index (Phi) is 5.39. The average Bonchev–Trinajstić information content (AvgIpc) is 2.49. The molecule has 2 rings (SSSR count). The molecule has 1 aromatic carbocycles. The molecule has 0 unspecified atom stereocenters. The summed E-state index contributed by atoms with van der Waals surface area (Å²) >= 11 is 6.17. The lowest BCUT2D eigenvalue weighted by Crippen LogP contribution is -2.08. The zero-order chi connectivity index (χ0) is 15.2. The minimum atomic E-state index is 0.747. The summed E-state index contributed by atoms with van der Waals surface area (Å²) in [4.78, 5) is 8.69. The van der Waals surface area contributed by atoms with Gasteiger partial charge in [-0.15, -0.1) is 0 Å². The molecule has 0 atom stereocenters. The fraction of sp³-hybridized carbons (Fsp3) is 0.375. The molecule has 0 aliphatic heterocycles. The van der Waals surface area contributed by atoms with Gasteiger partial charge in [0.2, 0.25) is 0 Å². The third-order valence-electron chi connectivity index (χ3n) is 3.28. The van der Waals surface area contributed by atoms with Crippen molar-refractivity contribution in [1.29, 1.82) is 0 Å². The van der Waals surface area contributed by atoms with Gasteiger partial charge in [-0.25, -0.2) is 9.97 Å². The normalized spacial score (nSPS) is 10.5. The Hall–Kier alpha value is -1.81. The molecule has 112 valence electrons. The average molecular weight is 305 g/mol. The number of aryl methyl sites for hydroxylation is 1. The van der Waals surface area contributed by atoms with Crippen LogP contribution in [0.5, 0.6) is 0 Å². The Bertz CT molecular complexity index is 613. The van der Waals surface area contributed by atoms with Crippen LogP contribution in [0.4, 0.5) is 17.3 Å². The molecule has 0 bridgehead atoms. The van der Waals surface area contributed by atoms with Crippen LogP contribution in [0, 0.1) is 6.92 Å². The van der Waals surface area contributed by atoms with Crippen LogP contribution in [0.3, 0.4) is 0 Å². The molecule has 4 nitrogen and oxygen atoms in total. The first-order valence-corrected chi connectivity index (χ1v) is 7.64. The maximum Gasteiger partial charge on any atom is 0.139 e. The van der Waals surface area contributed by atoms with Crippen molar-refractivity contribution in [2.24, 2.45) is 0 Å². The molecule has 0 saturated carbocycles. The Balaban J connectivity index is 2.28. The van der Waals surface area contributed by atoms with Crippen LogP contribution >= 0.6 is 11.6 Å². The molecule has 1 heterocycles. The van der Waals surface area contributed by atoms with Crippen LogP contribution < -0.4 is 10.6 Å². The first-order chi connectivity index (χ1) is 10.2. The summed E-state index contributed by atoms with van der Waals surface area (Å²) in [7, 11) is 0. The van der Waals surface area contributed by atoms with Gasteiger partial charge in [0.15, 0.2) is 0 Å². The van der Waals surface area contributed by atoms with E-state index in [1.807, 2.05) is 25.1 Å². The number of aromatic nitrogens is 2. The second kappa shape index (κ2) is 7.27. The number of hydrogen-bond acceptors (Lipinski definition) is 4. The number of anilines is 3. The van der Waals surface area contributed by atoms with Crippen molar-refractivity contribution in [1.82, 2.24) is 9.97 Å². The molecule has 0 fully saturated rings. The molecule has 2 aromatic rings. The summed E-state index contributed by atoms with van der Waals surface area (Å²) in [5, 5.41) is 7.42. The predicted octanol–water partition coefficient (Wildman–Crippen LogP) is 4.57. The molecule has 0 amide bonds. The Labute approximate surface area is 131 Å². The van der Waals surface area contributed by atoms with E-state index < -0.39 is 0 Å². The highest BCUT2D eigenvalue weighted by atomic mass is 35.5. The van der Waals surface area contributed by atoms with E-state index in [4.69, 9.17) is 11.6 Å². The van der Waals surface area contributed by atoms with Crippen molar-refractivity contribution in [2.75, 3.05) is 17.2 Å². The standard InChI is InChI=1S/C16H21ClN4/c1-4-8-18-15-13(5-2)16(20-10-19-15)21-12-7-6-11(3)14(17)9-12/h6-7,9-10H,4-5,8H2,1-3H3,(H2,18,19,20,21). The SMILES string of the molecule is CCCNc1ncnc(Nc2ccc(C)c(Cl)c2)c1CC. The van der Waals surface area contributed by atoms with Gasteiger partial charge in [-0.1, -0.05) is 31.5 Å². The van der Waals surface area contributed by atoms with E-state index in [1.165, 1.54) is 0 Å². The minimum absolute atomic E-state index is 0.747. The topological polar surface area (TPSA) is 49.8 Å². The van der Waals surface area contributed by atoms with Crippen molar-refractivity contribution in [3.05, 3.63) is 40.7 Å². The largest absolute Gasteiger partial charge is 0.370 e. The van der Waals surface area contributed by atoms with Crippen molar-refractivity contribution >= 4 is 28.9 Å². The third-order valence-corrected chi connectivity index (χ3v) is 3.68. The zero-order valence-corrected chi connectivity index (χ0v) is 13.5. The number of rotatable bonds is 6. The van der Waals surface area contributed by atoms with Crippen molar-refractivity contribution in [3.63, 3.8) is 0 Å². The van der Waals surface area contributed by atoms with Gasteiger partial charge in [0, 0.05) is 22.8 Å². The van der Waals surface area contributed by atoms with E-state index in [-0.39, 0.29) is 0 Å². The van der Waals surface area contributed by atoms with E-state index in [0.29, 0.717) is 0 Å². The number of nitrogens with zero attached hydrogens (tertiary/aromatic N) is 2. The summed E-state index contributed by atoms with van der Waals surface area (Å²) in [5.74, 6) is 1.72. The minimum Gasteiger partial charge on any atom is -0.370 e. The molecule has 21 heavy (non-hydrogen) atoms. The highest BCUT2D eigenvalue weighted by Crippen LogP contribution is 2.26. The fourth-order valence-electron chi connectivity index (χ4n) is 2.06. The Morgan fingerprint density at radius 1 is 1.14 bits per heavy atom. The van der Waals surface area contributed by atoms with Crippen LogP contribution in [0.25, 0.3) is 0 Å². The second-order valence-corrected chi connectivity index (χ2v) is 5.33. The lowest BCUT2D eigenvalue weighted by Gasteiger charge is -2.14. The predicted molar refractivity (Wildman–Crippen MR) is 89.7 cm³/mol. The summed E-state index contributed by atoms with van der Waals surface area (Å²) in [6.45, 7) is 7.12. The first kappa shape index (κ1) is 15.6. The summed E-state index contributed by atoms with van der Waals surface area (Å²) in [5.41, 5.74) is 3.08. The van der Waals surface area contributed by atoms with E-state index in [0.717, 1.165) is 52.9 Å². The molecule has 0 spiro atoms. The van der Waals surface area contributed by atoms with Crippen LogP contribution in [0.1, 0.15) is 31.4 Å². The lowest BCUT2D eigenvalue weighted by molar-refractivity contribution is 0.949. The maximum absolute atomic E-state index is 6.17. The molecule has 2 N–H and O–H groups in total. The second-order valence-electron chi connectivity index (χ2n) is 4.92. The maximum atomic E-state index is 6.17. The molecule has 0 aliphatic carbocycles. The van der Waals surface area contributed by atoms with Crippen LogP contribution in [-0.2, 0) is 6.42 Å². The molecule has 5 heteroatoms. The fourth-order valence-corrected chi connectivity index (χ4v) is 2.24. The summed E-state index contributed by atoms with van der Waals surface area (Å²) in [6, 6.07) is 5.91. The number of nitrogens with one attached hydrogen (secondary N) is 2. The summed E-state index contributed by atoms with van der Waals surface area (Å²) in [6.07, 6.45) is 3.49. The molecule has 0 aliphatic rings. The third kappa shape index (κ3) is 3.85. The molecule has 1 aromatic heterocycles. The Morgan fingerprint density at radius 2 is 1.90 bits per heavy atom. The van der Waals surface area contributed by atoms with Gasteiger partial charge in [-0.2, -0.15) is 0 Å². The van der Waals surface area contributed by atoms with Gasteiger partial charge < -0.3 is 10.6 Å². The Morgan fingerprint density at radius 3 is 2.57 bits per heavy atom. The van der Waals surface area contributed by atoms with Crippen LogP contribution in [0.15, 0.2) is 24.5 Å². The number of benzene rings is 1. The molecular weight excluding hydrogens is 284 g/mol. The zero-order valence-electron chi connectivity index (χ0n) is 12.7. The monoisotopic (exact) mass is 304 g/mol. The van der Waals surface area contributed by atoms with Gasteiger partial charge in [-0.05, 0) is 37.5 Å². The van der Waals surface area contributed by atoms with E-state index >= 15 is 0 Å². The van der Waals surface area contributed by atoms with E-state index in [1.54, 1.807) is 6.33 Å². The number of hydrogen-bond donors (Lipinski definition) is 2. The molecule has 0 radical (unpaired) electrons. The first-order valence-electron chi connectivity index (χ1n) is 7.26. The van der Waals surface area contributed by atoms with Gasteiger partial charge in [0.25, 0.3) is 0 Å². The number of halogens is 1. The highest BCUT2D eigenvalue weighted by molar-refractivity contribution is 6.31. The van der Waals surface area contributed by atoms with Crippen LogP contribution in [0.2, 0.25) is 5.02 Å². The van der Waals surface area contributed by atoms with Gasteiger partial charge in [0.05, 0.1) is 0 Å². The van der Waals surface area contributed by atoms with Crippen LogP contribution in [-0.4, -0.2) is 16.5 Å². The molecular formula is C16H21ClN4. The highest BCUT2D eigenvalue weighted by Gasteiger charge is 2.10.